The lowest BCUT2D eigenvalue weighted by molar-refractivity contribution is -0.125. The number of nitrogens with two attached hydrogens (primary N) is 1. The zero-order valence-corrected chi connectivity index (χ0v) is 12.3. The van der Waals surface area contributed by atoms with Gasteiger partial charge in [-0.2, -0.15) is 0 Å². The Morgan fingerprint density at radius 2 is 2.16 bits per heavy atom. The highest BCUT2D eigenvalue weighted by Gasteiger charge is 2.28. The van der Waals surface area contributed by atoms with Crippen LogP contribution in [0.4, 0.5) is 0 Å². The predicted molar refractivity (Wildman–Crippen MR) is 78.3 cm³/mol. The fraction of sp³-hybridized carbons (Fsp3) is 0.500. The number of halogens is 2. The maximum atomic E-state index is 12.1. The van der Waals surface area contributed by atoms with Crippen molar-refractivity contribution in [2.75, 3.05) is 0 Å². The molecule has 1 aromatic carbocycles. The van der Waals surface area contributed by atoms with Gasteiger partial charge in [0.2, 0.25) is 5.91 Å². The van der Waals surface area contributed by atoms with Crippen LogP contribution >= 0.6 is 23.2 Å². The third-order valence-corrected chi connectivity index (χ3v) is 4.48. The second-order valence-corrected chi connectivity index (χ2v) is 5.93. The average Bonchev–Trinajstić information content (AvgIpc) is 2.79. The van der Waals surface area contributed by atoms with E-state index in [1.165, 1.54) is 0 Å². The molecule has 104 valence electrons. The van der Waals surface area contributed by atoms with Gasteiger partial charge in [-0.15, -0.1) is 0 Å². The summed E-state index contributed by atoms with van der Waals surface area (Å²) in [7, 11) is 0. The van der Waals surface area contributed by atoms with Gasteiger partial charge in [-0.25, -0.2) is 0 Å². The van der Waals surface area contributed by atoms with E-state index in [1.807, 2.05) is 19.1 Å². The third-order valence-electron chi connectivity index (χ3n) is 3.65. The Balaban J connectivity index is 2.02. The fourth-order valence-electron chi connectivity index (χ4n) is 2.52. The Hall–Kier alpha value is -0.770. The van der Waals surface area contributed by atoms with Gasteiger partial charge >= 0.3 is 0 Å². The maximum Gasteiger partial charge on any atom is 0.223 e. The van der Waals surface area contributed by atoms with Crippen molar-refractivity contribution in [3.05, 3.63) is 33.8 Å². The Labute approximate surface area is 123 Å². The minimum atomic E-state index is -0.157. The number of rotatable bonds is 3. The summed E-state index contributed by atoms with van der Waals surface area (Å²) in [5.74, 6) is 0.0758. The first-order chi connectivity index (χ1) is 8.99. The molecule has 0 spiro atoms. The smallest absolute Gasteiger partial charge is 0.223 e. The van der Waals surface area contributed by atoms with Crippen LogP contribution in [0.1, 0.15) is 37.8 Å². The highest BCUT2D eigenvalue weighted by molar-refractivity contribution is 6.42. The first kappa shape index (κ1) is 14.6. The predicted octanol–water partition coefficient (Wildman–Crippen LogP) is 3.30. The molecule has 3 N–H and O–H groups in total. The number of hydrogen-bond donors (Lipinski definition) is 2. The average molecular weight is 301 g/mol. The lowest BCUT2D eigenvalue weighted by atomic mass is 10.0. The molecule has 3 nitrogen and oxygen atoms in total. The summed E-state index contributed by atoms with van der Waals surface area (Å²) < 4.78 is 0. The van der Waals surface area contributed by atoms with Gasteiger partial charge in [0, 0.05) is 12.0 Å². The van der Waals surface area contributed by atoms with Gasteiger partial charge in [-0.3, -0.25) is 4.79 Å². The molecular formula is C14H18Cl2N2O. The minimum absolute atomic E-state index is 0.0235. The van der Waals surface area contributed by atoms with E-state index < -0.39 is 0 Å². The molecule has 0 unspecified atom stereocenters. The van der Waals surface area contributed by atoms with Crippen LogP contribution in [0, 0.1) is 5.92 Å². The summed E-state index contributed by atoms with van der Waals surface area (Å²) in [5.41, 5.74) is 6.67. The van der Waals surface area contributed by atoms with E-state index >= 15 is 0 Å². The molecule has 0 heterocycles. The molecule has 2 rings (SSSR count). The van der Waals surface area contributed by atoms with Crippen molar-refractivity contribution >= 4 is 29.1 Å². The topological polar surface area (TPSA) is 55.1 Å². The zero-order valence-electron chi connectivity index (χ0n) is 10.8. The van der Waals surface area contributed by atoms with E-state index in [9.17, 15) is 4.79 Å². The largest absolute Gasteiger partial charge is 0.349 e. The molecule has 1 aliphatic rings. The summed E-state index contributed by atoms with van der Waals surface area (Å²) >= 11 is 12.1. The number of benzene rings is 1. The van der Waals surface area contributed by atoms with Crippen LogP contribution in [0.15, 0.2) is 18.2 Å². The van der Waals surface area contributed by atoms with Crippen molar-refractivity contribution in [3.8, 4) is 0 Å². The van der Waals surface area contributed by atoms with Gasteiger partial charge in [0.25, 0.3) is 0 Å². The molecule has 0 saturated heterocycles. The molecule has 1 saturated carbocycles. The van der Waals surface area contributed by atoms with Gasteiger partial charge in [-0.05, 0) is 37.8 Å². The second-order valence-electron chi connectivity index (χ2n) is 5.14. The lowest BCUT2D eigenvalue weighted by Gasteiger charge is -2.19. The van der Waals surface area contributed by atoms with Gasteiger partial charge < -0.3 is 11.1 Å². The van der Waals surface area contributed by atoms with Crippen LogP contribution < -0.4 is 11.1 Å². The van der Waals surface area contributed by atoms with E-state index in [1.54, 1.807) is 6.07 Å². The number of carbonyl (C=O) groups excluding carboxylic acids is 1. The van der Waals surface area contributed by atoms with Crippen LogP contribution in [-0.2, 0) is 4.79 Å². The van der Waals surface area contributed by atoms with Gasteiger partial charge in [0.15, 0.2) is 0 Å². The minimum Gasteiger partial charge on any atom is -0.349 e. The molecule has 1 amide bonds. The first-order valence-electron chi connectivity index (χ1n) is 6.49. The van der Waals surface area contributed by atoms with Crippen molar-refractivity contribution in [1.29, 1.82) is 0 Å². The Kier molecular flexibility index (Phi) is 4.71. The maximum absolute atomic E-state index is 12.1. The zero-order chi connectivity index (χ0) is 14.0. The Morgan fingerprint density at radius 1 is 1.42 bits per heavy atom. The van der Waals surface area contributed by atoms with Crippen LogP contribution in [0.5, 0.6) is 0 Å². The van der Waals surface area contributed by atoms with E-state index in [0.717, 1.165) is 24.8 Å². The molecule has 3 atom stereocenters. The highest BCUT2D eigenvalue weighted by atomic mass is 35.5. The molecule has 0 aliphatic heterocycles. The summed E-state index contributed by atoms with van der Waals surface area (Å²) in [5, 5.41) is 3.99. The molecule has 0 aromatic heterocycles. The molecule has 19 heavy (non-hydrogen) atoms. The number of amides is 1. The molecule has 0 radical (unpaired) electrons. The van der Waals surface area contributed by atoms with Crippen LogP contribution in [0.25, 0.3) is 0 Å². The molecule has 5 heteroatoms. The summed E-state index contributed by atoms with van der Waals surface area (Å²) in [6.45, 7) is 1.91. The van der Waals surface area contributed by atoms with Gasteiger partial charge in [0.1, 0.15) is 0 Å². The standard InChI is InChI=1S/C14H18Cl2N2O/c1-8(11-3-2-4-12(15)13(11)16)18-14(19)9-5-6-10(17)7-9/h2-4,8-10H,5-7,17H2,1H3,(H,18,19)/t8-,9-,10-/m0/s1. The Bertz CT molecular complexity index is 479. The van der Waals surface area contributed by atoms with E-state index in [4.69, 9.17) is 28.9 Å². The molecule has 0 bridgehead atoms. The van der Waals surface area contributed by atoms with Gasteiger partial charge in [0.05, 0.1) is 16.1 Å². The number of hydrogen-bond acceptors (Lipinski definition) is 2. The lowest BCUT2D eigenvalue weighted by Crippen LogP contribution is -2.32. The molecule has 1 aromatic rings. The van der Waals surface area contributed by atoms with Crippen molar-refractivity contribution in [2.24, 2.45) is 11.7 Å². The highest BCUT2D eigenvalue weighted by Crippen LogP contribution is 2.30. The van der Waals surface area contributed by atoms with Crippen molar-refractivity contribution in [2.45, 2.75) is 38.3 Å². The monoisotopic (exact) mass is 300 g/mol. The fourth-order valence-corrected chi connectivity index (χ4v) is 2.99. The number of carbonyl (C=O) groups is 1. The third kappa shape index (κ3) is 3.41. The van der Waals surface area contributed by atoms with E-state index in [0.29, 0.717) is 10.0 Å². The van der Waals surface area contributed by atoms with E-state index in [2.05, 4.69) is 5.32 Å². The number of nitrogens with one attached hydrogen (secondary N) is 1. The quantitative estimate of drug-likeness (QED) is 0.900. The van der Waals surface area contributed by atoms with Crippen molar-refractivity contribution in [3.63, 3.8) is 0 Å². The van der Waals surface area contributed by atoms with Gasteiger partial charge in [-0.1, -0.05) is 35.3 Å². The molecular weight excluding hydrogens is 283 g/mol. The normalized spacial score (nSPS) is 24.2. The summed E-state index contributed by atoms with van der Waals surface area (Å²) in [6.07, 6.45) is 2.55. The van der Waals surface area contributed by atoms with Crippen LogP contribution in [0.3, 0.4) is 0 Å². The second kappa shape index (κ2) is 6.12. The van der Waals surface area contributed by atoms with Crippen LogP contribution in [-0.4, -0.2) is 11.9 Å². The molecule has 1 fully saturated rings. The Morgan fingerprint density at radius 3 is 2.79 bits per heavy atom. The molecule has 1 aliphatic carbocycles. The SMILES string of the molecule is C[C@H](NC(=O)[C@H]1CC[C@H](N)C1)c1cccc(Cl)c1Cl. The van der Waals surface area contributed by atoms with Crippen molar-refractivity contribution < 1.29 is 4.79 Å². The van der Waals surface area contributed by atoms with Crippen molar-refractivity contribution in [1.82, 2.24) is 5.32 Å². The summed E-state index contributed by atoms with van der Waals surface area (Å²) in [4.78, 5) is 12.1. The van der Waals surface area contributed by atoms with E-state index in [-0.39, 0.29) is 23.9 Å². The summed E-state index contributed by atoms with van der Waals surface area (Å²) in [6, 6.07) is 5.44. The van der Waals surface area contributed by atoms with Crippen LogP contribution in [0.2, 0.25) is 10.0 Å². The first-order valence-corrected chi connectivity index (χ1v) is 7.24.